The third kappa shape index (κ3) is 2.82. The summed E-state index contributed by atoms with van der Waals surface area (Å²) >= 11 is 3.53. The average Bonchev–Trinajstić information content (AvgIpc) is 2.14. The van der Waals surface area contributed by atoms with Crippen molar-refractivity contribution in [3.63, 3.8) is 0 Å². The highest BCUT2D eigenvalue weighted by Crippen LogP contribution is 2.13. The van der Waals surface area contributed by atoms with E-state index >= 15 is 0 Å². The van der Waals surface area contributed by atoms with Crippen LogP contribution >= 0.6 is 45.2 Å². The predicted octanol–water partition coefficient (Wildman–Crippen LogP) is 3.45. The molecule has 70 valence electrons. The average molecular weight is 414 g/mol. The summed E-state index contributed by atoms with van der Waals surface area (Å²) in [4.78, 5) is 0. The van der Waals surface area contributed by atoms with Crippen LogP contribution in [-0.2, 0) is 0 Å². The Labute approximate surface area is 108 Å². The Kier molecular flexibility index (Phi) is 4.63. The third-order valence-corrected chi connectivity index (χ3v) is 1.96. The molecule has 14 heavy (non-hydrogen) atoms. The Morgan fingerprint density at radius 1 is 0.857 bits per heavy atom. The molecule has 0 amide bonds. The van der Waals surface area contributed by atoms with Crippen molar-refractivity contribution in [2.75, 3.05) is 0 Å². The normalized spacial score (nSPS) is 8.29. The molecule has 0 nitrogen and oxygen atoms in total. The van der Waals surface area contributed by atoms with E-state index in [1.807, 2.05) is 0 Å². The van der Waals surface area contributed by atoms with Crippen LogP contribution in [0.25, 0.3) is 0 Å². The molecule has 0 aliphatic heterocycles. The molecule has 0 atom stereocenters. The summed E-state index contributed by atoms with van der Waals surface area (Å²) in [7, 11) is 0. The van der Waals surface area contributed by atoms with Gasteiger partial charge in [-0.25, -0.2) is 8.78 Å². The summed E-state index contributed by atoms with van der Waals surface area (Å²) in [5.74, 6) is 3.81. The molecule has 0 aliphatic rings. The van der Waals surface area contributed by atoms with Crippen LogP contribution in [0.4, 0.5) is 8.78 Å². The van der Waals surface area contributed by atoms with Crippen LogP contribution in [0.15, 0.2) is 12.1 Å². The molecule has 4 heteroatoms. The molecule has 0 saturated heterocycles. The summed E-state index contributed by atoms with van der Waals surface area (Å²) in [5, 5.41) is 0. The van der Waals surface area contributed by atoms with Gasteiger partial charge in [-0.05, 0) is 20.0 Å². The summed E-state index contributed by atoms with van der Waals surface area (Å²) < 4.78 is 31.4. The first-order valence-corrected chi connectivity index (χ1v) is 5.57. The second-order valence-corrected chi connectivity index (χ2v) is 3.33. The lowest BCUT2D eigenvalue weighted by Crippen LogP contribution is -1.90. The monoisotopic (exact) mass is 414 g/mol. The van der Waals surface area contributed by atoms with Crippen LogP contribution in [-0.4, -0.2) is 0 Å². The molecule has 0 spiro atoms. The Balaban J connectivity index is 3.33. The summed E-state index contributed by atoms with van der Waals surface area (Å²) in [5.41, 5.74) is 0.104. The van der Waals surface area contributed by atoms with Gasteiger partial charge in [-0.1, -0.05) is 11.8 Å². The minimum atomic E-state index is -0.551. The van der Waals surface area contributed by atoms with Crippen molar-refractivity contribution in [1.29, 1.82) is 0 Å². The van der Waals surface area contributed by atoms with Gasteiger partial charge >= 0.3 is 0 Å². The Bertz CT molecular complexity index is 427. The maximum absolute atomic E-state index is 13.2. The molecule has 1 aromatic carbocycles. The van der Waals surface area contributed by atoms with Crippen LogP contribution < -0.4 is 0 Å². The van der Waals surface area contributed by atoms with Crippen LogP contribution in [0.2, 0.25) is 0 Å². The van der Waals surface area contributed by atoms with E-state index in [1.54, 1.807) is 45.2 Å². The number of hydrogen-bond acceptors (Lipinski definition) is 0. The molecule has 0 saturated carbocycles. The van der Waals surface area contributed by atoms with Crippen molar-refractivity contribution >= 4 is 45.2 Å². The van der Waals surface area contributed by atoms with Crippen molar-refractivity contribution in [2.45, 2.75) is 0 Å². The van der Waals surface area contributed by atoms with Crippen molar-refractivity contribution in [3.05, 3.63) is 34.9 Å². The van der Waals surface area contributed by atoms with Crippen molar-refractivity contribution < 1.29 is 8.78 Å². The summed E-state index contributed by atoms with van der Waals surface area (Å²) in [6.45, 7) is 0. The van der Waals surface area contributed by atoms with E-state index in [4.69, 9.17) is 0 Å². The second-order valence-electron chi connectivity index (χ2n) is 2.25. The van der Waals surface area contributed by atoms with Gasteiger partial charge < -0.3 is 0 Å². The first-order valence-electron chi connectivity index (χ1n) is 3.41. The van der Waals surface area contributed by atoms with Gasteiger partial charge in [0, 0.05) is 45.2 Å². The van der Waals surface area contributed by atoms with Gasteiger partial charge in [-0.3, -0.25) is 0 Å². The van der Waals surface area contributed by atoms with Crippen LogP contribution in [0.3, 0.4) is 0 Å². The molecule has 0 fully saturated rings. The van der Waals surface area contributed by atoms with E-state index in [9.17, 15) is 8.78 Å². The molecule has 0 radical (unpaired) electrons. The largest absolute Gasteiger partial charge is 0.206 e. The number of benzene rings is 1. The van der Waals surface area contributed by atoms with Gasteiger partial charge in [0.25, 0.3) is 0 Å². The molecule has 1 aromatic rings. The molecule has 0 aromatic heterocycles. The quantitative estimate of drug-likeness (QED) is 0.451. The molecule has 0 heterocycles. The van der Waals surface area contributed by atoms with Crippen molar-refractivity contribution in [1.82, 2.24) is 0 Å². The highest BCUT2D eigenvalue weighted by atomic mass is 127. The zero-order valence-electron chi connectivity index (χ0n) is 6.67. The zero-order chi connectivity index (χ0) is 10.6. The van der Waals surface area contributed by atoms with Crippen molar-refractivity contribution in [2.24, 2.45) is 0 Å². The molecule has 0 bridgehead atoms. The topological polar surface area (TPSA) is 0 Å². The van der Waals surface area contributed by atoms with Gasteiger partial charge in [0.1, 0.15) is 11.6 Å². The van der Waals surface area contributed by atoms with Crippen LogP contribution in [0, 0.1) is 31.3 Å². The first-order chi connectivity index (χ1) is 6.69. The van der Waals surface area contributed by atoms with Gasteiger partial charge in [0.05, 0.1) is 11.1 Å². The minimum Gasteiger partial charge on any atom is -0.206 e. The van der Waals surface area contributed by atoms with E-state index in [2.05, 4.69) is 19.7 Å². The van der Waals surface area contributed by atoms with Crippen molar-refractivity contribution in [3.8, 4) is 19.7 Å². The smallest absolute Gasteiger partial charge is 0.140 e. The van der Waals surface area contributed by atoms with E-state index < -0.39 is 11.6 Å². The van der Waals surface area contributed by atoms with Crippen LogP contribution in [0.5, 0.6) is 0 Å². The third-order valence-electron chi connectivity index (χ3n) is 1.42. The molecule has 0 aliphatic carbocycles. The second kappa shape index (κ2) is 5.52. The molecular weight excluding hydrogens is 412 g/mol. The number of rotatable bonds is 0. The zero-order valence-corrected chi connectivity index (χ0v) is 11.0. The fourth-order valence-corrected chi connectivity index (χ4v) is 1.42. The van der Waals surface area contributed by atoms with Gasteiger partial charge in [0.15, 0.2) is 0 Å². The standard InChI is InChI=1S/C10H2F2I2/c11-9-6-8(2-4-14)10(12)5-7(9)1-3-13/h5-6H. The molecule has 0 N–H and O–H groups in total. The van der Waals surface area contributed by atoms with Crippen LogP contribution in [0.1, 0.15) is 11.1 Å². The molecule has 0 unspecified atom stereocenters. The van der Waals surface area contributed by atoms with E-state index in [0.29, 0.717) is 0 Å². The van der Waals surface area contributed by atoms with E-state index in [1.165, 1.54) is 0 Å². The summed E-state index contributed by atoms with van der Waals surface area (Å²) in [6.07, 6.45) is 0. The Morgan fingerprint density at radius 2 is 1.21 bits per heavy atom. The SMILES string of the molecule is Fc1cc(C#CI)c(F)cc1C#CI. The fourth-order valence-electron chi connectivity index (χ4n) is 0.840. The molecular formula is C10H2F2I2. The summed E-state index contributed by atoms with van der Waals surface area (Å²) in [6, 6.07) is 2.11. The van der Waals surface area contributed by atoms with E-state index in [-0.39, 0.29) is 11.1 Å². The lowest BCUT2D eigenvalue weighted by Gasteiger charge is -1.97. The lowest BCUT2D eigenvalue weighted by molar-refractivity contribution is 0.594. The van der Waals surface area contributed by atoms with Gasteiger partial charge in [-0.2, -0.15) is 0 Å². The number of halogens is 4. The van der Waals surface area contributed by atoms with E-state index in [0.717, 1.165) is 12.1 Å². The Morgan fingerprint density at radius 3 is 1.50 bits per heavy atom. The predicted molar refractivity (Wildman–Crippen MR) is 68.2 cm³/mol. The Hall–Kier alpha value is -0.340. The maximum Gasteiger partial charge on any atom is 0.140 e. The highest BCUT2D eigenvalue weighted by molar-refractivity contribution is 14.1. The fraction of sp³-hybridized carbons (Fsp3) is 0. The highest BCUT2D eigenvalue weighted by Gasteiger charge is 2.06. The van der Waals surface area contributed by atoms with Gasteiger partial charge in [0.2, 0.25) is 0 Å². The maximum atomic E-state index is 13.2. The first kappa shape index (κ1) is 11.7. The molecule has 1 rings (SSSR count). The minimum absolute atomic E-state index is 0.0518. The lowest BCUT2D eigenvalue weighted by atomic mass is 10.1. The van der Waals surface area contributed by atoms with Gasteiger partial charge in [-0.15, -0.1) is 0 Å². The number of hydrogen-bond donors (Lipinski definition) is 0.